The van der Waals surface area contributed by atoms with Gasteiger partial charge in [0.2, 0.25) is 0 Å². The minimum Gasteiger partial charge on any atom is -0.393 e. The molecule has 0 saturated heterocycles. The Hall–Kier alpha value is -0.0800. The molecule has 0 aromatic rings. The van der Waals surface area contributed by atoms with Gasteiger partial charge in [-0.25, -0.2) is 0 Å². The quantitative estimate of drug-likeness (QED) is 0.752. The lowest BCUT2D eigenvalue weighted by atomic mass is 9.49. The molecule has 4 unspecified atom stereocenters. The van der Waals surface area contributed by atoms with E-state index in [1.165, 1.54) is 44.9 Å². The van der Waals surface area contributed by atoms with Crippen molar-refractivity contribution in [2.75, 3.05) is 0 Å². The molecule has 4 aliphatic rings. The zero-order chi connectivity index (χ0) is 16.4. The van der Waals surface area contributed by atoms with E-state index in [2.05, 4.69) is 13.8 Å². The Labute approximate surface area is 142 Å². The second kappa shape index (κ2) is 5.46. The van der Waals surface area contributed by atoms with Gasteiger partial charge in [0.1, 0.15) is 0 Å². The molecule has 0 aliphatic heterocycles. The second-order valence-electron chi connectivity index (χ2n) is 10.1. The van der Waals surface area contributed by atoms with Gasteiger partial charge < -0.3 is 10.2 Å². The Morgan fingerprint density at radius 1 is 0.870 bits per heavy atom. The van der Waals surface area contributed by atoms with Crippen LogP contribution < -0.4 is 0 Å². The zero-order valence-corrected chi connectivity index (χ0v) is 15.3. The number of aliphatic hydroxyl groups excluding tert-OH is 1. The molecular formula is C21H36O2. The summed E-state index contributed by atoms with van der Waals surface area (Å²) >= 11 is 0. The lowest BCUT2D eigenvalue weighted by molar-refractivity contribution is -0.106. The van der Waals surface area contributed by atoms with Gasteiger partial charge in [0.05, 0.1) is 11.7 Å². The van der Waals surface area contributed by atoms with Crippen LogP contribution in [-0.2, 0) is 0 Å². The summed E-state index contributed by atoms with van der Waals surface area (Å²) < 4.78 is 0. The summed E-state index contributed by atoms with van der Waals surface area (Å²) in [6.07, 6.45) is 11.2. The van der Waals surface area contributed by atoms with E-state index >= 15 is 0 Å². The van der Waals surface area contributed by atoms with Crippen LogP contribution >= 0.6 is 0 Å². The third-order valence-electron chi connectivity index (χ3n) is 8.89. The molecule has 132 valence electrons. The molecule has 0 bridgehead atoms. The van der Waals surface area contributed by atoms with Crippen LogP contribution in [0.25, 0.3) is 0 Å². The number of hydrogen-bond donors (Lipinski definition) is 2. The molecule has 0 amide bonds. The first-order chi connectivity index (χ1) is 10.8. The van der Waals surface area contributed by atoms with Gasteiger partial charge in [-0.1, -0.05) is 6.92 Å². The molecule has 0 aromatic carbocycles. The van der Waals surface area contributed by atoms with E-state index in [9.17, 15) is 10.2 Å². The van der Waals surface area contributed by atoms with Crippen molar-refractivity contribution in [1.82, 2.24) is 0 Å². The molecule has 2 N–H and O–H groups in total. The number of hydrogen-bond acceptors (Lipinski definition) is 2. The van der Waals surface area contributed by atoms with Gasteiger partial charge in [-0.3, -0.25) is 0 Å². The highest BCUT2D eigenvalue weighted by atomic mass is 16.3. The Morgan fingerprint density at radius 2 is 1.61 bits per heavy atom. The van der Waals surface area contributed by atoms with E-state index in [1.807, 2.05) is 6.92 Å². The molecule has 2 heteroatoms. The topological polar surface area (TPSA) is 40.5 Å². The summed E-state index contributed by atoms with van der Waals surface area (Å²) in [7, 11) is 0. The van der Waals surface area contributed by atoms with Crippen LogP contribution in [0.15, 0.2) is 0 Å². The first kappa shape index (κ1) is 16.4. The van der Waals surface area contributed by atoms with Crippen LogP contribution in [0.5, 0.6) is 0 Å². The molecule has 0 heterocycles. The van der Waals surface area contributed by atoms with Gasteiger partial charge in [0.25, 0.3) is 0 Å². The minimum absolute atomic E-state index is 0.136. The summed E-state index contributed by atoms with van der Waals surface area (Å²) in [5.41, 5.74) is -0.00963. The Balaban J connectivity index is 1.54. The van der Waals surface area contributed by atoms with Crippen molar-refractivity contribution in [2.24, 2.45) is 40.9 Å². The fraction of sp³-hybridized carbons (Fsp3) is 1.00. The van der Waals surface area contributed by atoms with E-state index in [4.69, 9.17) is 0 Å². The second-order valence-corrected chi connectivity index (χ2v) is 10.1. The molecule has 23 heavy (non-hydrogen) atoms. The van der Waals surface area contributed by atoms with Crippen molar-refractivity contribution in [3.63, 3.8) is 0 Å². The van der Waals surface area contributed by atoms with Gasteiger partial charge >= 0.3 is 0 Å². The lowest BCUT2D eigenvalue weighted by Gasteiger charge is -2.57. The molecular weight excluding hydrogens is 284 g/mol. The molecule has 4 fully saturated rings. The highest BCUT2D eigenvalue weighted by Crippen LogP contribution is 2.65. The van der Waals surface area contributed by atoms with Gasteiger partial charge in [-0.15, -0.1) is 0 Å². The fourth-order valence-electron chi connectivity index (χ4n) is 7.91. The summed E-state index contributed by atoms with van der Waals surface area (Å²) in [4.78, 5) is 0. The smallest absolute Gasteiger partial charge is 0.0622 e. The molecule has 0 radical (unpaired) electrons. The largest absolute Gasteiger partial charge is 0.393 e. The number of aliphatic hydroxyl groups is 2. The van der Waals surface area contributed by atoms with E-state index in [-0.39, 0.29) is 6.10 Å². The Morgan fingerprint density at radius 3 is 2.35 bits per heavy atom. The van der Waals surface area contributed by atoms with Crippen molar-refractivity contribution in [2.45, 2.75) is 90.3 Å². The van der Waals surface area contributed by atoms with Gasteiger partial charge in [-0.05, 0) is 113 Å². The maximum atomic E-state index is 10.5. The summed E-state index contributed by atoms with van der Waals surface area (Å²) in [6, 6.07) is 0. The molecule has 4 rings (SSSR count). The average molecular weight is 321 g/mol. The standard InChI is InChI=1S/C21H36O2/c1-13(22)18-6-7-19-17-5-4-14-12-20(2,23)10-8-15(14)16(17)9-11-21(18,19)3/h13-19,22-23H,4-12H2,1-3H3/t13?,14-,15?,16+,17?,18+,19-,20+,21?/m0/s1. The molecule has 2 nitrogen and oxygen atoms in total. The van der Waals surface area contributed by atoms with E-state index < -0.39 is 5.60 Å². The number of rotatable bonds is 1. The molecule has 4 saturated carbocycles. The van der Waals surface area contributed by atoms with Crippen molar-refractivity contribution in [3.8, 4) is 0 Å². The highest BCUT2D eigenvalue weighted by molar-refractivity contribution is 5.07. The van der Waals surface area contributed by atoms with Crippen LogP contribution in [0.1, 0.15) is 78.6 Å². The van der Waals surface area contributed by atoms with Crippen LogP contribution in [-0.4, -0.2) is 21.9 Å². The van der Waals surface area contributed by atoms with Crippen LogP contribution in [0.3, 0.4) is 0 Å². The highest BCUT2D eigenvalue weighted by Gasteiger charge is 2.58. The van der Waals surface area contributed by atoms with Gasteiger partial charge in [0.15, 0.2) is 0 Å². The Bertz CT molecular complexity index is 457. The van der Waals surface area contributed by atoms with Crippen molar-refractivity contribution < 1.29 is 10.2 Å². The summed E-state index contributed by atoms with van der Waals surface area (Å²) in [5.74, 6) is 4.85. The molecule has 0 aromatic heterocycles. The maximum Gasteiger partial charge on any atom is 0.0622 e. The predicted molar refractivity (Wildman–Crippen MR) is 92.9 cm³/mol. The normalized spacial score (nSPS) is 57.3. The summed E-state index contributed by atoms with van der Waals surface area (Å²) in [5, 5.41) is 20.7. The Kier molecular flexibility index (Phi) is 3.89. The number of fused-ring (bicyclic) bond motifs is 5. The fourth-order valence-corrected chi connectivity index (χ4v) is 7.91. The minimum atomic E-state index is -0.401. The zero-order valence-electron chi connectivity index (χ0n) is 15.3. The third kappa shape index (κ3) is 2.51. The first-order valence-corrected chi connectivity index (χ1v) is 10.2. The summed E-state index contributed by atoms with van der Waals surface area (Å²) in [6.45, 7) is 6.57. The van der Waals surface area contributed by atoms with Crippen molar-refractivity contribution in [1.29, 1.82) is 0 Å². The van der Waals surface area contributed by atoms with E-state index in [1.54, 1.807) is 0 Å². The monoisotopic (exact) mass is 320 g/mol. The van der Waals surface area contributed by atoms with E-state index in [0.29, 0.717) is 11.3 Å². The van der Waals surface area contributed by atoms with Crippen LogP contribution in [0, 0.1) is 40.9 Å². The van der Waals surface area contributed by atoms with Crippen LogP contribution in [0.4, 0.5) is 0 Å². The predicted octanol–water partition coefficient (Wildman–Crippen LogP) is 4.39. The average Bonchev–Trinajstić information content (AvgIpc) is 2.83. The first-order valence-electron chi connectivity index (χ1n) is 10.2. The SMILES string of the molecule is CC(O)[C@H]1CC[C@H]2C3CC[C@H]4C[C@](C)(O)CCC4[C@H]3CCC12C. The van der Waals surface area contributed by atoms with Crippen molar-refractivity contribution in [3.05, 3.63) is 0 Å². The maximum absolute atomic E-state index is 10.5. The van der Waals surface area contributed by atoms with E-state index in [0.717, 1.165) is 42.4 Å². The molecule has 0 spiro atoms. The van der Waals surface area contributed by atoms with Crippen LogP contribution in [0.2, 0.25) is 0 Å². The third-order valence-corrected chi connectivity index (χ3v) is 8.89. The molecule has 4 aliphatic carbocycles. The van der Waals surface area contributed by atoms with Gasteiger partial charge in [0, 0.05) is 0 Å². The molecule has 9 atom stereocenters. The van der Waals surface area contributed by atoms with Gasteiger partial charge in [-0.2, -0.15) is 0 Å². The van der Waals surface area contributed by atoms with Crippen molar-refractivity contribution >= 4 is 0 Å². The lowest BCUT2D eigenvalue weighted by Crippen LogP contribution is -2.51.